The number of benzene rings is 1. The van der Waals surface area contributed by atoms with Gasteiger partial charge in [-0.05, 0) is 12.1 Å². The zero-order valence-electron chi connectivity index (χ0n) is 13.7. The van der Waals surface area contributed by atoms with Crippen molar-refractivity contribution in [2.45, 2.75) is 18.2 Å². The Kier molecular flexibility index (Phi) is 4.53. The Morgan fingerprint density at radius 3 is 2.62 bits per heavy atom. The lowest BCUT2D eigenvalue weighted by atomic mass is 9.97. The average Bonchev–Trinajstić information content (AvgIpc) is 3.00. The number of halogens is 3. The van der Waals surface area contributed by atoms with Crippen molar-refractivity contribution < 1.29 is 32.5 Å². The van der Waals surface area contributed by atoms with E-state index in [2.05, 4.69) is 10.3 Å². The number of imidazole rings is 1. The smallest absolute Gasteiger partial charge is 0.425 e. The van der Waals surface area contributed by atoms with Crippen LogP contribution in [0.5, 0.6) is 11.5 Å². The summed E-state index contributed by atoms with van der Waals surface area (Å²) in [4.78, 5) is 15.7. The molecule has 1 aromatic carbocycles. The van der Waals surface area contributed by atoms with E-state index in [1.165, 1.54) is 25.4 Å². The van der Waals surface area contributed by atoms with E-state index in [-0.39, 0.29) is 5.69 Å². The molecule has 3 rings (SSSR count). The van der Waals surface area contributed by atoms with Gasteiger partial charge in [0.05, 0.1) is 6.42 Å². The molecule has 0 fully saturated rings. The maximum Gasteiger partial charge on any atom is 0.425 e. The van der Waals surface area contributed by atoms with Crippen LogP contribution < -0.4 is 14.8 Å². The van der Waals surface area contributed by atoms with Crippen LogP contribution in [0.2, 0.25) is 0 Å². The molecule has 2 aromatic rings. The maximum atomic E-state index is 13.5. The van der Waals surface area contributed by atoms with Crippen LogP contribution in [-0.2, 0) is 17.4 Å². The number of anilines is 1. The molecule has 1 aliphatic heterocycles. The van der Waals surface area contributed by atoms with Crippen molar-refractivity contribution in [3.63, 3.8) is 0 Å². The van der Waals surface area contributed by atoms with Crippen molar-refractivity contribution >= 4 is 11.6 Å². The van der Waals surface area contributed by atoms with Crippen LogP contribution >= 0.6 is 0 Å². The number of aromatic nitrogens is 2. The van der Waals surface area contributed by atoms with Crippen molar-refractivity contribution in [3.8, 4) is 11.5 Å². The van der Waals surface area contributed by atoms with Crippen LogP contribution in [0.3, 0.4) is 0 Å². The van der Waals surface area contributed by atoms with Gasteiger partial charge in [0.2, 0.25) is 11.5 Å². The number of nitrogens with zero attached hydrogens (tertiary/aromatic N) is 2. The molecular formula is C16H16F3N3O4. The number of carbonyl (C=O) groups excluding carboxylic acids is 1. The number of hydrogen-bond donors (Lipinski definition) is 2. The fourth-order valence-electron chi connectivity index (χ4n) is 2.63. The molecule has 0 saturated heterocycles. The van der Waals surface area contributed by atoms with E-state index in [0.717, 1.165) is 10.8 Å². The van der Waals surface area contributed by atoms with Crippen LogP contribution in [0.15, 0.2) is 30.6 Å². The summed E-state index contributed by atoms with van der Waals surface area (Å²) in [5.41, 5.74) is -3.19. The second kappa shape index (κ2) is 6.52. The Morgan fingerprint density at radius 2 is 2.00 bits per heavy atom. The minimum Gasteiger partial charge on any atom is -0.486 e. The van der Waals surface area contributed by atoms with E-state index in [1.54, 1.807) is 6.07 Å². The normalized spacial score (nSPS) is 16.0. The van der Waals surface area contributed by atoms with Gasteiger partial charge >= 0.3 is 6.18 Å². The lowest BCUT2D eigenvalue weighted by Gasteiger charge is -2.29. The molecule has 1 unspecified atom stereocenters. The van der Waals surface area contributed by atoms with Gasteiger partial charge < -0.3 is 24.5 Å². The molecule has 0 aliphatic carbocycles. The first-order valence-corrected chi connectivity index (χ1v) is 7.67. The van der Waals surface area contributed by atoms with Crippen LogP contribution in [0.1, 0.15) is 12.2 Å². The Balaban J connectivity index is 1.80. The fraction of sp³-hybridized carbons (Fsp3) is 0.375. The molecule has 10 heteroatoms. The number of aryl methyl sites for hydroxylation is 1. The molecule has 0 radical (unpaired) electrons. The summed E-state index contributed by atoms with van der Waals surface area (Å²) in [6.07, 6.45) is -3.96. The summed E-state index contributed by atoms with van der Waals surface area (Å²) < 4.78 is 52.1. The predicted molar refractivity (Wildman–Crippen MR) is 83.8 cm³/mol. The van der Waals surface area contributed by atoms with Crippen LogP contribution in [0.4, 0.5) is 18.9 Å². The average molecular weight is 371 g/mol. The van der Waals surface area contributed by atoms with E-state index >= 15 is 0 Å². The topological polar surface area (TPSA) is 85.6 Å². The summed E-state index contributed by atoms with van der Waals surface area (Å²) in [6.45, 7) is 0.721. The van der Waals surface area contributed by atoms with Gasteiger partial charge in [-0.3, -0.25) is 4.79 Å². The van der Waals surface area contributed by atoms with Crippen LogP contribution in [0, 0.1) is 0 Å². The van der Waals surface area contributed by atoms with E-state index in [0.29, 0.717) is 24.7 Å². The zero-order chi connectivity index (χ0) is 18.9. The molecule has 140 valence electrons. The molecule has 1 atom stereocenters. The molecule has 2 N–H and O–H groups in total. The van der Waals surface area contributed by atoms with Gasteiger partial charge in [0.15, 0.2) is 17.3 Å². The number of nitrogens with one attached hydrogen (secondary N) is 1. The standard InChI is InChI=1S/C16H16F3N3O4/c1-22-5-4-20-14(22)15(24,16(17,18)19)9-13(23)21-10-2-3-11-12(8-10)26-7-6-25-11/h2-5,8,24H,6-7,9H2,1H3,(H,21,23). The van der Waals surface area contributed by atoms with E-state index < -0.39 is 29.9 Å². The largest absolute Gasteiger partial charge is 0.486 e. The number of carbonyl (C=O) groups is 1. The van der Waals surface area contributed by atoms with Gasteiger partial charge in [-0.1, -0.05) is 0 Å². The number of fused-ring (bicyclic) bond motifs is 1. The second-order valence-corrected chi connectivity index (χ2v) is 5.80. The monoisotopic (exact) mass is 371 g/mol. The van der Waals surface area contributed by atoms with Crippen molar-refractivity contribution in [2.75, 3.05) is 18.5 Å². The van der Waals surface area contributed by atoms with Gasteiger partial charge in [-0.15, -0.1) is 0 Å². The minimum absolute atomic E-state index is 0.226. The molecule has 2 heterocycles. The highest BCUT2D eigenvalue weighted by molar-refractivity contribution is 5.91. The van der Waals surface area contributed by atoms with Crippen molar-refractivity contribution in [3.05, 3.63) is 36.4 Å². The second-order valence-electron chi connectivity index (χ2n) is 5.80. The van der Waals surface area contributed by atoms with Gasteiger partial charge in [0.25, 0.3) is 0 Å². The molecular weight excluding hydrogens is 355 g/mol. The molecule has 0 saturated carbocycles. The predicted octanol–water partition coefficient (Wildman–Crippen LogP) is 1.97. The first-order chi connectivity index (χ1) is 12.2. The highest BCUT2D eigenvalue weighted by Crippen LogP contribution is 2.41. The summed E-state index contributed by atoms with van der Waals surface area (Å²) >= 11 is 0. The minimum atomic E-state index is -5.09. The number of rotatable bonds is 4. The summed E-state index contributed by atoms with van der Waals surface area (Å²) in [5.74, 6) is -0.829. The number of aliphatic hydroxyl groups is 1. The number of ether oxygens (including phenoxy) is 2. The first-order valence-electron chi connectivity index (χ1n) is 7.67. The molecule has 0 spiro atoms. The third-order valence-corrected chi connectivity index (χ3v) is 3.90. The summed E-state index contributed by atoms with van der Waals surface area (Å²) in [5, 5.41) is 12.5. The highest BCUT2D eigenvalue weighted by Gasteiger charge is 2.58. The summed E-state index contributed by atoms with van der Waals surface area (Å²) in [7, 11) is 1.30. The van der Waals surface area contributed by atoms with Crippen molar-refractivity contribution in [2.24, 2.45) is 7.05 Å². The number of hydrogen-bond acceptors (Lipinski definition) is 5. The summed E-state index contributed by atoms with van der Waals surface area (Å²) in [6, 6.07) is 4.46. The van der Waals surface area contributed by atoms with Gasteiger partial charge in [0.1, 0.15) is 13.2 Å². The first kappa shape index (κ1) is 18.1. The van der Waals surface area contributed by atoms with Crippen LogP contribution in [0.25, 0.3) is 0 Å². The molecule has 1 amide bonds. The van der Waals surface area contributed by atoms with Gasteiger partial charge in [0, 0.05) is 31.2 Å². The Bertz CT molecular complexity index is 821. The van der Waals surface area contributed by atoms with E-state index in [4.69, 9.17) is 9.47 Å². The molecule has 26 heavy (non-hydrogen) atoms. The lowest BCUT2D eigenvalue weighted by Crippen LogP contribution is -2.46. The quantitative estimate of drug-likeness (QED) is 0.858. The molecule has 1 aromatic heterocycles. The number of amides is 1. The third kappa shape index (κ3) is 3.32. The highest BCUT2D eigenvalue weighted by atomic mass is 19.4. The Hall–Kier alpha value is -2.75. The van der Waals surface area contributed by atoms with Crippen molar-refractivity contribution in [1.82, 2.24) is 9.55 Å². The van der Waals surface area contributed by atoms with Gasteiger partial charge in [-0.25, -0.2) is 4.98 Å². The zero-order valence-corrected chi connectivity index (χ0v) is 13.7. The lowest BCUT2D eigenvalue weighted by molar-refractivity contribution is -0.270. The van der Waals surface area contributed by atoms with E-state index in [1.807, 2.05) is 0 Å². The third-order valence-electron chi connectivity index (χ3n) is 3.90. The molecule has 0 bridgehead atoms. The van der Waals surface area contributed by atoms with Crippen molar-refractivity contribution in [1.29, 1.82) is 0 Å². The van der Waals surface area contributed by atoms with Gasteiger partial charge in [-0.2, -0.15) is 13.2 Å². The maximum absolute atomic E-state index is 13.5. The SMILES string of the molecule is Cn1ccnc1C(O)(CC(=O)Nc1ccc2c(c1)OCCO2)C(F)(F)F. The Labute approximate surface area is 146 Å². The molecule has 7 nitrogen and oxygen atoms in total. The Morgan fingerprint density at radius 1 is 1.31 bits per heavy atom. The number of alkyl halides is 3. The molecule has 1 aliphatic rings. The van der Waals surface area contributed by atoms with E-state index in [9.17, 15) is 23.1 Å². The van der Waals surface area contributed by atoms with Crippen LogP contribution in [-0.4, -0.2) is 40.0 Å². The fourth-order valence-corrected chi connectivity index (χ4v) is 2.63.